The van der Waals surface area contributed by atoms with E-state index in [4.69, 9.17) is 14.2 Å². The third-order valence-electron chi connectivity index (χ3n) is 13.1. The molecule has 0 saturated heterocycles. The molecule has 0 amide bonds. The lowest BCUT2D eigenvalue weighted by Gasteiger charge is -2.18. The number of ether oxygens (including phenoxy) is 3. The minimum Gasteiger partial charge on any atom is -0.462 e. The van der Waals surface area contributed by atoms with Gasteiger partial charge in [0.1, 0.15) is 13.2 Å². The molecule has 1 atom stereocenters. The van der Waals surface area contributed by atoms with E-state index in [0.29, 0.717) is 19.3 Å². The molecule has 0 aliphatic carbocycles. The average Bonchev–Trinajstić information content (AvgIpc) is 3.33. The van der Waals surface area contributed by atoms with E-state index in [2.05, 4.69) is 57.2 Å². The Bertz CT molecular complexity index is 1130. The van der Waals surface area contributed by atoms with Gasteiger partial charge in [0.15, 0.2) is 6.10 Å². The van der Waals surface area contributed by atoms with Crippen LogP contribution in [-0.2, 0) is 28.6 Å². The Morgan fingerprint density at radius 1 is 0.299 bits per heavy atom. The maximum absolute atomic E-state index is 12.8. The van der Waals surface area contributed by atoms with Crippen LogP contribution in [0.5, 0.6) is 0 Å². The molecular weight excluding hydrogens is 829 g/mol. The van der Waals surface area contributed by atoms with Gasteiger partial charge in [-0.05, 0) is 77.0 Å². The second-order valence-electron chi connectivity index (χ2n) is 19.9. The molecule has 0 aromatic carbocycles. The van der Waals surface area contributed by atoms with Gasteiger partial charge in [-0.15, -0.1) is 0 Å². The fourth-order valence-corrected chi connectivity index (χ4v) is 8.65. The molecule has 0 aliphatic rings. The molecule has 67 heavy (non-hydrogen) atoms. The highest BCUT2D eigenvalue weighted by molar-refractivity contribution is 5.71. The Balaban J connectivity index is 4.34. The van der Waals surface area contributed by atoms with E-state index in [9.17, 15) is 14.4 Å². The Kier molecular flexibility index (Phi) is 54.2. The second kappa shape index (κ2) is 56.2. The van der Waals surface area contributed by atoms with Crippen molar-refractivity contribution in [2.75, 3.05) is 13.2 Å². The number of unbranched alkanes of at least 4 members (excludes halogenated alkanes) is 37. The maximum atomic E-state index is 12.8. The maximum Gasteiger partial charge on any atom is 0.306 e. The van der Waals surface area contributed by atoms with Crippen LogP contribution in [0.15, 0.2) is 36.5 Å². The van der Waals surface area contributed by atoms with Gasteiger partial charge >= 0.3 is 17.9 Å². The number of rotatable bonds is 54. The summed E-state index contributed by atoms with van der Waals surface area (Å²) in [6.07, 6.45) is 67.0. The summed E-state index contributed by atoms with van der Waals surface area (Å²) in [5.74, 6) is -0.872. The first kappa shape index (κ1) is 64.6. The van der Waals surface area contributed by atoms with Crippen molar-refractivity contribution in [3.63, 3.8) is 0 Å². The molecule has 0 rings (SSSR count). The van der Waals surface area contributed by atoms with Crippen molar-refractivity contribution in [2.45, 2.75) is 322 Å². The van der Waals surface area contributed by atoms with Crippen LogP contribution < -0.4 is 0 Å². The highest BCUT2D eigenvalue weighted by Crippen LogP contribution is 2.16. The summed E-state index contributed by atoms with van der Waals surface area (Å²) in [5, 5.41) is 0. The number of esters is 3. The number of allylic oxidation sites excluding steroid dienone is 6. The van der Waals surface area contributed by atoms with Crippen molar-refractivity contribution < 1.29 is 28.6 Å². The second-order valence-corrected chi connectivity index (χ2v) is 19.9. The van der Waals surface area contributed by atoms with Gasteiger partial charge in [0.05, 0.1) is 0 Å². The van der Waals surface area contributed by atoms with Crippen LogP contribution in [-0.4, -0.2) is 37.2 Å². The fourth-order valence-electron chi connectivity index (χ4n) is 8.65. The number of carbonyl (C=O) groups is 3. The fraction of sp³-hybridized carbons (Fsp3) is 0.852. The monoisotopic (exact) mass is 941 g/mol. The zero-order chi connectivity index (χ0) is 48.6. The van der Waals surface area contributed by atoms with E-state index < -0.39 is 6.10 Å². The van der Waals surface area contributed by atoms with Crippen LogP contribution in [0.1, 0.15) is 316 Å². The van der Waals surface area contributed by atoms with Gasteiger partial charge in [-0.25, -0.2) is 0 Å². The van der Waals surface area contributed by atoms with E-state index in [0.717, 1.165) is 83.5 Å². The van der Waals surface area contributed by atoms with Crippen LogP contribution in [0.3, 0.4) is 0 Å². The van der Waals surface area contributed by atoms with E-state index in [1.165, 1.54) is 193 Å². The van der Waals surface area contributed by atoms with Crippen LogP contribution in [0.25, 0.3) is 0 Å². The molecule has 0 aliphatic heterocycles. The predicted octanol–water partition coefficient (Wildman–Crippen LogP) is 19.7. The zero-order valence-corrected chi connectivity index (χ0v) is 44.9. The Morgan fingerprint density at radius 2 is 0.537 bits per heavy atom. The SMILES string of the molecule is CCCCC/C=C/C/C=C/CCCCCCCC(=O)O[C@@H](COC(=O)CCCCCCCCCCC/C=C/CCCCCCCC)COC(=O)CCCCCCCCCCCCCCCCC. The van der Waals surface area contributed by atoms with Crippen molar-refractivity contribution in [3.8, 4) is 0 Å². The first-order chi connectivity index (χ1) is 33.0. The summed E-state index contributed by atoms with van der Waals surface area (Å²) in [6, 6.07) is 0. The first-order valence-electron chi connectivity index (χ1n) is 29.5. The molecule has 0 aromatic heterocycles. The molecule has 0 aromatic rings. The third kappa shape index (κ3) is 54.4. The molecule has 6 nitrogen and oxygen atoms in total. The van der Waals surface area contributed by atoms with Crippen LogP contribution in [0.4, 0.5) is 0 Å². The molecule has 0 spiro atoms. The highest BCUT2D eigenvalue weighted by atomic mass is 16.6. The van der Waals surface area contributed by atoms with Gasteiger partial charge in [-0.2, -0.15) is 0 Å². The summed E-state index contributed by atoms with van der Waals surface area (Å²) in [4.78, 5) is 38.2. The molecule has 0 bridgehead atoms. The largest absolute Gasteiger partial charge is 0.462 e. The topological polar surface area (TPSA) is 78.9 Å². The summed E-state index contributed by atoms with van der Waals surface area (Å²) in [6.45, 7) is 6.64. The molecule has 0 heterocycles. The standard InChI is InChI=1S/C61H112O6/c1-4-7-10-13-16-19-22-25-28-29-30-31-34-36-39-42-45-48-51-54-60(63)66-57-58(67-61(64)55-52-49-46-43-40-37-33-27-24-21-18-15-12-9-6-3)56-65-59(62)53-50-47-44-41-38-35-32-26-23-20-17-14-11-8-5-2/h18,21,25,27-28,33,58H,4-17,19-20,22-24,26,29-32,34-57H2,1-3H3/b21-18+,28-25+,33-27+/t58-/m1/s1. The Hall–Kier alpha value is -2.37. The normalized spacial score (nSPS) is 12.2. The number of hydrogen-bond donors (Lipinski definition) is 0. The van der Waals surface area contributed by atoms with Crippen LogP contribution in [0, 0.1) is 0 Å². The van der Waals surface area contributed by atoms with Crippen molar-refractivity contribution in [3.05, 3.63) is 36.5 Å². The molecule has 0 saturated carbocycles. The van der Waals surface area contributed by atoms with Crippen molar-refractivity contribution >= 4 is 17.9 Å². The molecule has 392 valence electrons. The summed E-state index contributed by atoms with van der Waals surface area (Å²) in [7, 11) is 0. The van der Waals surface area contributed by atoms with Gasteiger partial charge < -0.3 is 14.2 Å². The van der Waals surface area contributed by atoms with E-state index in [1.807, 2.05) is 0 Å². The van der Waals surface area contributed by atoms with Gasteiger partial charge in [0.2, 0.25) is 0 Å². The van der Waals surface area contributed by atoms with E-state index >= 15 is 0 Å². The summed E-state index contributed by atoms with van der Waals surface area (Å²) >= 11 is 0. The average molecular weight is 942 g/mol. The lowest BCUT2D eigenvalue weighted by molar-refractivity contribution is -0.167. The van der Waals surface area contributed by atoms with Crippen LogP contribution in [0.2, 0.25) is 0 Å². The minimum atomic E-state index is -0.777. The molecule has 0 N–H and O–H groups in total. The van der Waals surface area contributed by atoms with E-state index in [1.54, 1.807) is 0 Å². The van der Waals surface area contributed by atoms with Gasteiger partial charge in [0, 0.05) is 19.3 Å². The zero-order valence-electron chi connectivity index (χ0n) is 44.9. The molecular formula is C61H112O6. The molecule has 6 heteroatoms. The lowest BCUT2D eigenvalue weighted by Crippen LogP contribution is -2.30. The van der Waals surface area contributed by atoms with Gasteiger partial charge in [-0.1, -0.05) is 256 Å². The van der Waals surface area contributed by atoms with Crippen LogP contribution >= 0.6 is 0 Å². The van der Waals surface area contributed by atoms with Gasteiger partial charge in [-0.3, -0.25) is 14.4 Å². The van der Waals surface area contributed by atoms with Gasteiger partial charge in [0.25, 0.3) is 0 Å². The molecule has 0 radical (unpaired) electrons. The van der Waals surface area contributed by atoms with Crippen molar-refractivity contribution in [1.82, 2.24) is 0 Å². The molecule has 0 fully saturated rings. The Morgan fingerprint density at radius 3 is 0.866 bits per heavy atom. The Labute approximate surface area is 416 Å². The number of carbonyl (C=O) groups excluding carboxylic acids is 3. The van der Waals surface area contributed by atoms with Crippen molar-refractivity contribution in [2.24, 2.45) is 0 Å². The predicted molar refractivity (Wildman–Crippen MR) is 289 cm³/mol. The van der Waals surface area contributed by atoms with Crippen molar-refractivity contribution in [1.29, 1.82) is 0 Å². The lowest BCUT2D eigenvalue weighted by atomic mass is 10.0. The minimum absolute atomic E-state index is 0.0747. The quantitative estimate of drug-likeness (QED) is 0.0262. The third-order valence-corrected chi connectivity index (χ3v) is 13.1. The first-order valence-corrected chi connectivity index (χ1v) is 29.5. The summed E-state index contributed by atoms with van der Waals surface area (Å²) in [5.41, 5.74) is 0. The number of hydrogen-bond acceptors (Lipinski definition) is 6. The van der Waals surface area contributed by atoms with E-state index in [-0.39, 0.29) is 31.1 Å². The highest BCUT2D eigenvalue weighted by Gasteiger charge is 2.19. The smallest absolute Gasteiger partial charge is 0.306 e. The summed E-state index contributed by atoms with van der Waals surface area (Å²) < 4.78 is 16.9. The molecule has 0 unspecified atom stereocenters.